The zero-order valence-corrected chi connectivity index (χ0v) is 24.2. The summed E-state index contributed by atoms with van der Waals surface area (Å²) in [5.41, 5.74) is 14.3. The number of aliphatic hydroxyl groups is 1. The molecule has 0 radical (unpaired) electrons. The summed E-state index contributed by atoms with van der Waals surface area (Å²) in [7, 11) is 0. The molecule has 5 N–H and O–H groups in total. The van der Waals surface area contributed by atoms with Crippen LogP contribution in [0.25, 0.3) is 33.9 Å². The number of anilines is 2. The second-order valence-corrected chi connectivity index (χ2v) is 9.61. The molecule has 232 valence electrons. The standard InChI is InChI=1S/C15H14N6O2.C14H12N6O3/c1-2-10-3-4-13(18-7-10)20-9-11(8-19-20)12-5-6-17-15(16)14(12)21(22)23;15-14-13(20(22)23)11(3-4-16-14)10-6-18-19(7-10)12-2-1-9(8-21)5-17-12/h3-9H,2H2,1H3,(H2,16,17);1-7,21H,8H2,(H2,15,16). The summed E-state index contributed by atoms with van der Waals surface area (Å²) in [6.45, 7) is 1.95. The Morgan fingerprint density at radius 3 is 1.52 bits per heavy atom. The van der Waals surface area contributed by atoms with Gasteiger partial charge in [0.2, 0.25) is 11.6 Å². The van der Waals surface area contributed by atoms with Gasteiger partial charge in [-0.15, -0.1) is 0 Å². The van der Waals surface area contributed by atoms with Crippen LogP contribution in [0.1, 0.15) is 18.1 Å². The molecule has 17 nitrogen and oxygen atoms in total. The van der Waals surface area contributed by atoms with Crippen molar-refractivity contribution in [2.24, 2.45) is 0 Å². The second-order valence-electron chi connectivity index (χ2n) is 9.61. The van der Waals surface area contributed by atoms with Crippen LogP contribution in [0.4, 0.5) is 23.0 Å². The molecular formula is C29H26N12O5. The van der Waals surface area contributed by atoms with Gasteiger partial charge >= 0.3 is 11.4 Å². The third kappa shape index (κ3) is 6.48. The van der Waals surface area contributed by atoms with Crippen molar-refractivity contribution in [3.05, 3.63) is 117 Å². The number of aromatic nitrogens is 8. The molecule has 0 saturated carbocycles. The number of nitro groups is 2. The molecule has 6 aromatic heterocycles. The summed E-state index contributed by atoms with van der Waals surface area (Å²) in [6.07, 6.45) is 13.4. The van der Waals surface area contributed by atoms with Crippen molar-refractivity contribution in [3.63, 3.8) is 0 Å². The van der Waals surface area contributed by atoms with E-state index in [1.165, 1.54) is 41.7 Å². The largest absolute Gasteiger partial charge is 0.392 e. The van der Waals surface area contributed by atoms with Crippen LogP contribution in [0.5, 0.6) is 0 Å². The van der Waals surface area contributed by atoms with Crippen molar-refractivity contribution >= 4 is 23.0 Å². The summed E-state index contributed by atoms with van der Waals surface area (Å²) in [4.78, 5) is 37.3. The van der Waals surface area contributed by atoms with Gasteiger partial charge in [0.1, 0.15) is 0 Å². The summed E-state index contributed by atoms with van der Waals surface area (Å²) in [5, 5.41) is 39.8. The molecule has 0 aromatic carbocycles. The summed E-state index contributed by atoms with van der Waals surface area (Å²) >= 11 is 0. The van der Waals surface area contributed by atoms with E-state index in [1.807, 2.05) is 12.1 Å². The van der Waals surface area contributed by atoms with Crippen molar-refractivity contribution < 1.29 is 15.0 Å². The maximum atomic E-state index is 11.2. The first-order chi connectivity index (χ1) is 22.2. The van der Waals surface area contributed by atoms with Crippen molar-refractivity contribution in [3.8, 4) is 33.9 Å². The van der Waals surface area contributed by atoms with Crippen molar-refractivity contribution in [2.75, 3.05) is 11.5 Å². The van der Waals surface area contributed by atoms with Gasteiger partial charge in [-0.2, -0.15) is 10.2 Å². The van der Waals surface area contributed by atoms with E-state index >= 15 is 0 Å². The molecule has 0 saturated heterocycles. The predicted molar refractivity (Wildman–Crippen MR) is 167 cm³/mol. The smallest absolute Gasteiger partial charge is 0.319 e. The van der Waals surface area contributed by atoms with E-state index in [2.05, 4.69) is 37.1 Å². The average Bonchev–Trinajstić information content (AvgIpc) is 3.76. The van der Waals surface area contributed by atoms with Crippen LogP contribution in [0.2, 0.25) is 0 Å². The molecule has 6 aromatic rings. The normalized spacial score (nSPS) is 10.7. The number of nitrogens with zero attached hydrogens (tertiary/aromatic N) is 10. The fraction of sp³-hybridized carbons (Fsp3) is 0.103. The summed E-state index contributed by atoms with van der Waals surface area (Å²) < 4.78 is 3.05. The highest BCUT2D eigenvalue weighted by molar-refractivity contribution is 5.79. The fourth-order valence-corrected chi connectivity index (χ4v) is 4.37. The Morgan fingerprint density at radius 1 is 0.696 bits per heavy atom. The van der Waals surface area contributed by atoms with Crippen LogP contribution in [0.15, 0.2) is 86.0 Å². The van der Waals surface area contributed by atoms with Gasteiger partial charge in [-0.05, 0) is 41.8 Å². The fourth-order valence-electron chi connectivity index (χ4n) is 4.37. The Bertz CT molecular complexity index is 1860. The van der Waals surface area contributed by atoms with Gasteiger partial charge in [-0.3, -0.25) is 20.2 Å². The molecule has 46 heavy (non-hydrogen) atoms. The zero-order valence-electron chi connectivity index (χ0n) is 24.2. The lowest BCUT2D eigenvalue weighted by molar-refractivity contribution is -0.383. The van der Waals surface area contributed by atoms with E-state index in [0.29, 0.717) is 39.5 Å². The number of aliphatic hydroxyl groups excluding tert-OH is 1. The van der Waals surface area contributed by atoms with Crippen LogP contribution in [0, 0.1) is 20.2 Å². The van der Waals surface area contributed by atoms with Crippen LogP contribution < -0.4 is 11.5 Å². The lowest BCUT2D eigenvalue weighted by Crippen LogP contribution is -2.00. The topological polar surface area (TPSA) is 246 Å². The van der Waals surface area contributed by atoms with E-state index in [9.17, 15) is 20.2 Å². The van der Waals surface area contributed by atoms with E-state index < -0.39 is 9.85 Å². The number of hydrogen-bond acceptors (Lipinski definition) is 13. The summed E-state index contributed by atoms with van der Waals surface area (Å²) in [5.74, 6) is 0.896. The monoisotopic (exact) mass is 622 g/mol. The van der Waals surface area contributed by atoms with Crippen LogP contribution >= 0.6 is 0 Å². The Morgan fingerprint density at radius 2 is 1.15 bits per heavy atom. The van der Waals surface area contributed by atoms with Gasteiger partial charge in [-0.1, -0.05) is 19.1 Å². The highest BCUT2D eigenvalue weighted by atomic mass is 16.6. The van der Waals surface area contributed by atoms with Gasteiger partial charge in [-0.25, -0.2) is 29.3 Å². The Hall–Kier alpha value is -6.62. The van der Waals surface area contributed by atoms with E-state index in [4.69, 9.17) is 16.6 Å². The van der Waals surface area contributed by atoms with Gasteiger partial charge in [0.05, 0.1) is 40.0 Å². The number of hydrogen-bond donors (Lipinski definition) is 3. The molecule has 0 fully saturated rings. The highest BCUT2D eigenvalue weighted by Crippen LogP contribution is 2.34. The number of pyridine rings is 4. The van der Waals surface area contributed by atoms with Gasteiger partial charge in [0.25, 0.3) is 0 Å². The third-order valence-electron chi connectivity index (χ3n) is 6.74. The molecule has 0 aliphatic rings. The minimum absolute atomic E-state index is 0.0971. The molecule has 17 heteroatoms. The lowest BCUT2D eigenvalue weighted by atomic mass is 10.1. The number of rotatable bonds is 8. The number of nitrogen functional groups attached to an aromatic ring is 2. The van der Waals surface area contributed by atoms with Crippen LogP contribution in [0.3, 0.4) is 0 Å². The van der Waals surface area contributed by atoms with E-state index in [0.717, 1.165) is 12.0 Å². The molecular weight excluding hydrogens is 596 g/mol. The molecule has 0 aliphatic carbocycles. The highest BCUT2D eigenvalue weighted by Gasteiger charge is 2.22. The minimum atomic E-state index is -0.566. The quantitative estimate of drug-likeness (QED) is 0.162. The molecule has 0 bridgehead atoms. The Balaban J connectivity index is 0.000000181. The SMILES string of the molecule is CCc1ccc(-n2cc(-c3ccnc(N)c3[N+](=O)[O-])cn2)nc1.Nc1nccc(-c2cnn(-c3ccc(CO)cn3)c2)c1[N+](=O)[O-]. The van der Waals surface area contributed by atoms with Gasteiger partial charge in [0, 0.05) is 48.3 Å². The summed E-state index contributed by atoms with van der Waals surface area (Å²) in [6, 6.07) is 10.3. The van der Waals surface area contributed by atoms with Crippen LogP contribution in [-0.4, -0.2) is 54.5 Å². The van der Waals surface area contributed by atoms with Crippen molar-refractivity contribution in [2.45, 2.75) is 20.0 Å². The lowest BCUT2D eigenvalue weighted by Gasteiger charge is -2.02. The second kappa shape index (κ2) is 13.3. The van der Waals surface area contributed by atoms with Crippen molar-refractivity contribution in [1.82, 2.24) is 39.5 Å². The molecule has 0 atom stereocenters. The third-order valence-corrected chi connectivity index (χ3v) is 6.74. The molecule has 0 amide bonds. The van der Waals surface area contributed by atoms with Gasteiger partial charge in [0.15, 0.2) is 11.6 Å². The predicted octanol–water partition coefficient (Wildman–Crippen LogP) is 3.69. The maximum absolute atomic E-state index is 11.2. The minimum Gasteiger partial charge on any atom is -0.392 e. The molecule has 6 rings (SSSR count). The molecule has 6 heterocycles. The maximum Gasteiger partial charge on any atom is 0.319 e. The molecule has 0 spiro atoms. The van der Waals surface area contributed by atoms with Gasteiger partial charge < -0.3 is 16.6 Å². The Labute approximate surface area is 260 Å². The first kappa shape index (κ1) is 30.8. The zero-order chi connectivity index (χ0) is 32.8. The molecule has 0 aliphatic heterocycles. The van der Waals surface area contributed by atoms with E-state index in [1.54, 1.807) is 41.5 Å². The first-order valence-corrected chi connectivity index (χ1v) is 13.6. The number of aryl methyl sites for hydroxylation is 1. The van der Waals surface area contributed by atoms with E-state index in [-0.39, 0.29) is 29.6 Å². The number of nitrogens with two attached hydrogens (primary N) is 2. The van der Waals surface area contributed by atoms with Crippen molar-refractivity contribution in [1.29, 1.82) is 0 Å². The van der Waals surface area contributed by atoms with Crippen LogP contribution in [-0.2, 0) is 13.0 Å². The molecule has 0 unspecified atom stereocenters. The Kier molecular flexibility index (Phi) is 8.95. The first-order valence-electron chi connectivity index (χ1n) is 13.6. The average molecular weight is 623 g/mol.